The van der Waals surface area contributed by atoms with Gasteiger partial charge in [-0.3, -0.25) is 0 Å². The van der Waals surface area contributed by atoms with E-state index >= 15 is 0 Å². The van der Waals surface area contributed by atoms with Crippen molar-refractivity contribution in [1.29, 1.82) is 0 Å². The van der Waals surface area contributed by atoms with Crippen LogP contribution in [-0.2, 0) is 12.4 Å². The molecule has 0 aliphatic rings. The predicted octanol–water partition coefficient (Wildman–Crippen LogP) is 4.95. The Hall–Kier alpha value is -2.51. The average Bonchev–Trinajstić information content (AvgIpc) is 2.47. The predicted molar refractivity (Wildman–Crippen MR) is 70.3 cm³/mol. The Balaban J connectivity index is 2.50. The molecule has 2 nitrogen and oxygen atoms in total. The molecule has 0 radical (unpaired) electrons. The van der Waals surface area contributed by atoms with Crippen molar-refractivity contribution in [3.05, 3.63) is 70.8 Å². The lowest BCUT2D eigenvalue weighted by atomic mass is 9.98. The molecule has 0 bridgehead atoms. The molecule has 0 unspecified atom stereocenters. The lowest BCUT2D eigenvalue weighted by molar-refractivity contribution is -0.138. The summed E-state index contributed by atoms with van der Waals surface area (Å²) in [6.45, 7) is 0. The van der Waals surface area contributed by atoms with Gasteiger partial charge in [-0.15, -0.1) is 0 Å². The van der Waals surface area contributed by atoms with Gasteiger partial charge in [0.2, 0.25) is 0 Å². The molecule has 122 valence electrons. The first-order valence-corrected chi connectivity index (χ1v) is 6.20. The Labute approximate surface area is 126 Å². The molecule has 0 fully saturated rings. The van der Waals surface area contributed by atoms with E-state index in [4.69, 9.17) is 5.21 Å². The van der Waals surface area contributed by atoms with Gasteiger partial charge in [-0.05, 0) is 24.3 Å². The Morgan fingerprint density at radius 2 is 1.13 bits per heavy atom. The van der Waals surface area contributed by atoms with Gasteiger partial charge >= 0.3 is 12.4 Å². The van der Waals surface area contributed by atoms with Gasteiger partial charge in [0.1, 0.15) is 5.71 Å². The first kappa shape index (κ1) is 16.9. The molecule has 0 spiro atoms. The van der Waals surface area contributed by atoms with E-state index in [1.165, 1.54) is 12.1 Å². The number of hydrogen-bond donors (Lipinski definition) is 1. The first-order valence-electron chi connectivity index (χ1n) is 6.20. The third-order valence-electron chi connectivity index (χ3n) is 3.03. The summed E-state index contributed by atoms with van der Waals surface area (Å²) in [6.07, 6.45) is -9.24. The van der Waals surface area contributed by atoms with Crippen molar-refractivity contribution in [3.63, 3.8) is 0 Å². The molecule has 0 saturated carbocycles. The summed E-state index contributed by atoms with van der Waals surface area (Å²) in [5.74, 6) is 0. The van der Waals surface area contributed by atoms with E-state index in [9.17, 15) is 26.3 Å². The summed E-state index contributed by atoms with van der Waals surface area (Å²) in [4.78, 5) is 0. The zero-order valence-electron chi connectivity index (χ0n) is 11.3. The quantitative estimate of drug-likeness (QED) is 0.359. The zero-order chi connectivity index (χ0) is 17.3. The monoisotopic (exact) mass is 333 g/mol. The van der Waals surface area contributed by atoms with Crippen molar-refractivity contribution in [1.82, 2.24) is 0 Å². The number of benzene rings is 2. The summed E-state index contributed by atoms with van der Waals surface area (Å²) in [7, 11) is 0. The normalized spacial score (nSPS) is 12.1. The second-order valence-electron chi connectivity index (χ2n) is 4.61. The van der Waals surface area contributed by atoms with E-state index in [0.29, 0.717) is 12.1 Å². The Bertz CT molecular complexity index is 674. The van der Waals surface area contributed by atoms with E-state index in [-0.39, 0.29) is 16.8 Å². The first-order chi connectivity index (χ1) is 10.6. The molecule has 2 rings (SSSR count). The highest BCUT2D eigenvalue weighted by Crippen LogP contribution is 2.32. The highest BCUT2D eigenvalue weighted by atomic mass is 19.4. The number of alkyl halides is 6. The summed E-state index contributed by atoms with van der Waals surface area (Å²) >= 11 is 0. The second kappa shape index (κ2) is 5.94. The van der Waals surface area contributed by atoms with Crippen LogP contribution in [0.3, 0.4) is 0 Å². The summed E-state index contributed by atoms with van der Waals surface area (Å²) in [5.41, 5.74) is -2.68. The Morgan fingerprint density at radius 3 is 1.43 bits per heavy atom. The summed E-state index contributed by atoms with van der Waals surface area (Å²) in [6, 6.07) is 7.61. The maximum atomic E-state index is 12.7. The molecule has 0 aliphatic heterocycles. The molecule has 0 atom stereocenters. The van der Waals surface area contributed by atoms with Crippen LogP contribution in [0.25, 0.3) is 0 Å². The third kappa shape index (κ3) is 3.82. The molecule has 0 aliphatic carbocycles. The van der Waals surface area contributed by atoms with Gasteiger partial charge in [0.15, 0.2) is 0 Å². The van der Waals surface area contributed by atoms with Gasteiger partial charge in [0.25, 0.3) is 0 Å². The van der Waals surface area contributed by atoms with Gasteiger partial charge in [-0.25, -0.2) is 0 Å². The van der Waals surface area contributed by atoms with Crippen LogP contribution in [0.4, 0.5) is 26.3 Å². The van der Waals surface area contributed by atoms with Gasteiger partial charge < -0.3 is 5.21 Å². The van der Waals surface area contributed by atoms with Crippen molar-refractivity contribution in [2.75, 3.05) is 0 Å². The van der Waals surface area contributed by atoms with E-state index in [2.05, 4.69) is 5.16 Å². The fourth-order valence-electron chi connectivity index (χ4n) is 1.97. The Kier molecular flexibility index (Phi) is 4.35. The van der Waals surface area contributed by atoms with Crippen LogP contribution in [0.15, 0.2) is 53.7 Å². The standard InChI is InChI=1S/C15H9F6NO/c16-14(17,18)11-5-1-3-9(7-11)13(22-23)10-4-2-6-12(8-10)15(19,20)21/h1-8,23H. The minimum Gasteiger partial charge on any atom is -0.410 e. The van der Waals surface area contributed by atoms with Crippen LogP contribution < -0.4 is 0 Å². The number of rotatable bonds is 2. The lowest BCUT2D eigenvalue weighted by Crippen LogP contribution is -2.11. The SMILES string of the molecule is ON=C(c1cccc(C(F)(F)F)c1)c1cccc(C(F)(F)F)c1. The van der Waals surface area contributed by atoms with Crippen LogP contribution in [0.2, 0.25) is 0 Å². The molecule has 0 saturated heterocycles. The van der Waals surface area contributed by atoms with Crippen molar-refractivity contribution in [3.8, 4) is 0 Å². The van der Waals surface area contributed by atoms with Crippen molar-refractivity contribution >= 4 is 5.71 Å². The molecule has 2 aromatic carbocycles. The van der Waals surface area contributed by atoms with Gasteiger partial charge in [-0.1, -0.05) is 29.4 Å². The highest BCUT2D eigenvalue weighted by molar-refractivity contribution is 6.12. The fourth-order valence-corrected chi connectivity index (χ4v) is 1.97. The summed E-state index contributed by atoms with van der Waals surface area (Å²) in [5, 5.41) is 11.9. The number of nitrogens with zero attached hydrogens (tertiary/aromatic N) is 1. The Morgan fingerprint density at radius 1 is 0.739 bits per heavy atom. The minimum atomic E-state index is -4.62. The maximum absolute atomic E-state index is 12.7. The van der Waals surface area contributed by atoms with Crippen LogP contribution in [0.5, 0.6) is 0 Å². The molecular weight excluding hydrogens is 324 g/mol. The molecule has 0 amide bonds. The minimum absolute atomic E-state index is 0.151. The van der Waals surface area contributed by atoms with Gasteiger partial charge in [0.05, 0.1) is 11.1 Å². The van der Waals surface area contributed by atoms with Crippen LogP contribution in [0, 0.1) is 0 Å². The van der Waals surface area contributed by atoms with Crippen LogP contribution in [0.1, 0.15) is 22.3 Å². The number of halogens is 6. The van der Waals surface area contributed by atoms with E-state index in [1.807, 2.05) is 0 Å². The maximum Gasteiger partial charge on any atom is 0.416 e. The molecule has 0 aromatic heterocycles. The van der Waals surface area contributed by atoms with E-state index < -0.39 is 23.5 Å². The largest absolute Gasteiger partial charge is 0.416 e. The zero-order valence-corrected chi connectivity index (χ0v) is 11.3. The fraction of sp³-hybridized carbons (Fsp3) is 0.133. The third-order valence-corrected chi connectivity index (χ3v) is 3.03. The average molecular weight is 333 g/mol. The van der Waals surface area contributed by atoms with Crippen LogP contribution in [-0.4, -0.2) is 10.9 Å². The summed E-state index contributed by atoms with van der Waals surface area (Å²) < 4.78 is 76.2. The van der Waals surface area contributed by atoms with E-state index in [0.717, 1.165) is 24.3 Å². The molecule has 1 N–H and O–H groups in total. The van der Waals surface area contributed by atoms with Gasteiger partial charge in [-0.2, -0.15) is 26.3 Å². The smallest absolute Gasteiger partial charge is 0.410 e. The van der Waals surface area contributed by atoms with Crippen molar-refractivity contribution in [2.24, 2.45) is 5.16 Å². The molecule has 8 heteroatoms. The molecule has 0 heterocycles. The van der Waals surface area contributed by atoms with Crippen molar-refractivity contribution < 1.29 is 31.5 Å². The van der Waals surface area contributed by atoms with E-state index in [1.54, 1.807) is 0 Å². The van der Waals surface area contributed by atoms with Gasteiger partial charge in [0, 0.05) is 11.1 Å². The highest BCUT2D eigenvalue weighted by Gasteiger charge is 2.32. The number of oxime groups is 1. The van der Waals surface area contributed by atoms with Crippen LogP contribution >= 0.6 is 0 Å². The molecular formula is C15H9F6NO. The topological polar surface area (TPSA) is 32.6 Å². The van der Waals surface area contributed by atoms with Crippen molar-refractivity contribution in [2.45, 2.75) is 12.4 Å². The number of hydrogen-bond acceptors (Lipinski definition) is 2. The lowest BCUT2D eigenvalue weighted by Gasteiger charge is -2.12. The second-order valence-corrected chi connectivity index (χ2v) is 4.61. The molecule has 2 aromatic rings. The molecule has 23 heavy (non-hydrogen) atoms.